The number of anilines is 1. The zero-order chi connectivity index (χ0) is 14.8. The van der Waals surface area contributed by atoms with Crippen LogP contribution in [0.3, 0.4) is 0 Å². The fourth-order valence-corrected chi connectivity index (χ4v) is 3.46. The first-order valence-electron chi connectivity index (χ1n) is 6.50. The van der Waals surface area contributed by atoms with E-state index in [2.05, 4.69) is 11.6 Å². The van der Waals surface area contributed by atoms with Crippen molar-refractivity contribution < 1.29 is 18.3 Å². The van der Waals surface area contributed by atoms with E-state index >= 15 is 0 Å². The number of carboxylic acids is 1. The molecule has 6 nitrogen and oxygen atoms in total. The maximum Gasteiger partial charge on any atom is 0.337 e. The van der Waals surface area contributed by atoms with E-state index in [4.69, 9.17) is 5.11 Å². The largest absolute Gasteiger partial charge is 0.478 e. The number of piperidine rings is 1. The summed E-state index contributed by atoms with van der Waals surface area (Å²) in [6.07, 6.45) is 1.64. The van der Waals surface area contributed by atoms with Crippen LogP contribution in [0, 0.1) is 5.92 Å². The highest BCUT2D eigenvalue weighted by molar-refractivity contribution is 7.90. The lowest BCUT2D eigenvalue weighted by Gasteiger charge is -2.29. The van der Waals surface area contributed by atoms with E-state index in [1.54, 1.807) is 12.1 Å². The Morgan fingerprint density at radius 3 is 2.50 bits per heavy atom. The van der Waals surface area contributed by atoms with Crippen molar-refractivity contribution in [2.45, 2.75) is 19.8 Å². The van der Waals surface area contributed by atoms with Crippen molar-refractivity contribution in [1.29, 1.82) is 0 Å². The van der Waals surface area contributed by atoms with Crippen molar-refractivity contribution in [2.75, 3.05) is 17.8 Å². The van der Waals surface area contributed by atoms with Gasteiger partial charge >= 0.3 is 16.2 Å². The minimum Gasteiger partial charge on any atom is -0.478 e. The zero-order valence-electron chi connectivity index (χ0n) is 11.2. The number of benzene rings is 1. The molecular weight excluding hydrogens is 280 g/mol. The Balaban J connectivity index is 2.18. The molecule has 0 bridgehead atoms. The molecule has 2 N–H and O–H groups in total. The molecule has 0 aliphatic carbocycles. The number of nitrogens with zero attached hydrogens (tertiary/aromatic N) is 1. The first kappa shape index (κ1) is 14.8. The van der Waals surface area contributed by atoms with Gasteiger partial charge in [-0.1, -0.05) is 19.1 Å². The Kier molecular flexibility index (Phi) is 4.29. The second kappa shape index (κ2) is 5.80. The van der Waals surface area contributed by atoms with Gasteiger partial charge in [-0.2, -0.15) is 12.7 Å². The van der Waals surface area contributed by atoms with Gasteiger partial charge < -0.3 is 5.11 Å². The number of aromatic carboxylic acids is 1. The molecule has 0 spiro atoms. The summed E-state index contributed by atoms with van der Waals surface area (Å²) in [6, 6.07) is 5.98. The Labute approximate surface area is 118 Å². The average molecular weight is 298 g/mol. The van der Waals surface area contributed by atoms with Gasteiger partial charge in [-0.15, -0.1) is 0 Å². The molecule has 1 heterocycles. The van der Waals surface area contributed by atoms with Crippen LogP contribution in [0.5, 0.6) is 0 Å². The second-order valence-electron chi connectivity index (χ2n) is 5.04. The molecule has 110 valence electrons. The average Bonchev–Trinajstić information content (AvgIpc) is 2.39. The molecule has 20 heavy (non-hydrogen) atoms. The summed E-state index contributed by atoms with van der Waals surface area (Å²) in [4.78, 5) is 11.1. The highest BCUT2D eigenvalue weighted by atomic mass is 32.2. The molecule has 0 saturated carbocycles. The predicted octanol–water partition coefficient (Wildman–Crippen LogP) is 1.77. The number of rotatable bonds is 4. The van der Waals surface area contributed by atoms with Gasteiger partial charge in [0, 0.05) is 13.1 Å². The van der Waals surface area contributed by atoms with Crippen LogP contribution >= 0.6 is 0 Å². The summed E-state index contributed by atoms with van der Waals surface area (Å²) < 4.78 is 28.3. The quantitative estimate of drug-likeness (QED) is 0.887. The van der Waals surface area contributed by atoms with Gasteiger partial charge in [0.25, 0.3) is 0 Å². The summed E-state index contributed by atoms with van der Waals surface area (Å²) >= 11 is 0. The third-order valence-electron chi connectivity index (χ3n) is 3.48. The molecule has 0 aromatic heterocycles. The van der Waals surface area contributed by atoms with Gasteiger partial charge in [0.1, 0.15) is 0 Å². The molecular formula is C13H18N2O4S. The number of hydrogen-bond donors (Lipinski definition) is 2. The molecule has 1 saturated heterocycles. The first-order valence-corrected chi connectivity index (χ1v) is 7.94. The van der Waals surface area contributed by atoms with Gasteiger partial charge in [-0.3, -0.25) is 4.72 Å². The number of carbonyl (C=O) groups is 1. The van der Waals surface area contributed by atoms with Crippen LogP contribution in [0.2, 0.25) is 0 Å². The molecule has 0 radical (unpaired) electrons. The van der Waals surface area contributed by atoms with Crippen LogP contribution in [0.25, 0.3) is 0 Å². The van der Waals surface area contributed by atoms with Gasteiger partial charge in [0.05, 0.1) is 11.3 Å². The van der Waals surface area contributed by atoms with Crippen LogP contribution in [0.15, 0.2) is 24.3 Å². The van der Waals surface area contributed by atoms with Crippen LogP contribution in [-0.2, 0) is 10.2 Å². The Bertz CT molecular complexity index is 592. The summed E-state index contributed by atoms with van der Waals surface area (Å²) in [5, 5.41) is 9.06. The summed E-state index contributed by atoms with van der Waals surface area (Å²) in [7, 11) is -3.70. The third kappa shape index (κ3) is 3.29. The SMILES string of the molecule is CC1CCN(S(=O)(=O)Nc2ccccc2C(=O)O)CC1. The molecule has 1 aliphatic heterocycles. The zero-order valence-corrected chi connectivity index (χ0v) is 12.1. The van der Waals surface area contributed by atoms with Crippen molar-refractivity contribution in [3.63, 3.8) is 0 Å². The predicted molar refractivity (Wildman–Crippen MR) is 75.9 cm³/mol. The minimum absolute atomic E-state index is 0.0542. The highest BCUT2D eigenvalue weighted by Gasteiger charge is 2.27. The van der Waals surface area contributed by atoms with E-state index in [9.17, 15) is 13.2 Å². The van der Waals surface area contributed by atoms with E-state index in [1.165, 1.54) is 16.4 Å². The lowest BCUT2D eigenvalue weighted by atomic mass is 10.0. The van der Waals surface area contributed by atoms with Crippen LogP contribution in [-0.4, -0.2) is 36.9 Å². The number of hydrogen-bond acceptors (Lipinski definition) is 3. The van der Waals surface area contributed by atoms with Crippen molar-refractivity contribution >= 4 is 21.9 Å². The smallest absolute Gasteiger partial charge is 0.337 e. The molecule has 1 aromatic carbocycles. The van der Waals surface area contributed by atoms with Crippen molar-refractivity contribution in [1.82, 2.24) is 4.31 Å². The highest BCUT2D eigenvalue weighted by Crippen LogP contribution is 2.22. The lowest BCUT2D eigenvalue weighted by molar-refractivity contribution is 0.0698. The number of para-hydroxylation sites is 1. The molecule has 1 aliphatic rings. The minimum atomic E-state index is -3.70. The second-order valence-corrected chi connectivity index (χ2v) is 6.71. The maximum atomic E-state index is 12.3. The third-order valence-corrected chi connectivity index (χ3v) is 5.00. The molecule has 0 atom stereocenters. The molecule has 7 heteroatoms. The Morgan fingerprint density at radius 1 is 1.30 bits per heavy atom. The van der Waals surface area contributed by atoms with Crippen LogP contribution in [0.1, 0.15) is 30.1 Å². The normalized spacial score (nSPS) is 17.9. The summed E-state index contributed by atoms with van der Waals surface area (Å²) in [5.74, 6) is -0.636. The van der Waals surface area contributed by atoms with E-state index in [0.717, 1.165) is 12.8 Å². The molecule has 2 rings (SSSR count). The monoisotopic (exact) mass is 298 g/mol. The molecule has 1 aromatic rings. The van der Waals surface area contributed by atoms with E-state index < -0.39 is 16.2 Å². The van der Waals surface area contributed by atoms with Gasteiger partial charge in [-0.05, 0) is 30.9 Å². The summed E-state index contributed by atoms with van der Waals surface area (Å²) in [6.45, 7) is 3.02. The lowest BCUT2D eigenvalue weighted by Crippen LogP contribution is -2.41. The topological polar surface area (TPSA) is 86.7 Å². The van der Waals surface area contributed by atoms with E-state index in [0.29, 0.717) is 19.0 Å². The van der Waals surface area contributed by atoms with E-state index in [1.807, 2.05) is 0 Å². The number of carboxylic acid groups (broad SMARTS) is 1. The van der Waals surface area contributed by atoms with Crippen molar-refractivity contribution in [2.24, 2.45) is 5.92 Å². The molecule has 0 unspecified atom stereocenters. The van der Waals surface area contributed by atoms with Crippen LogP contribution < -0.4 is 4.72 Å². The molecule has 0 amide bonds. The molecule has 1 fully saturated rings. The standard InChI is InChI=1S/C13H18N2O4S/c1-10-6-8-15(9-7-10)20(18,19)14-12-5-3-2-4-11(12)13(16)17/h2-5,10,14H,6-9H2,1H3,(H,16,17). The first-order chi connectivity index (χ1) is 9.40. The van der Waals surface area contributed by atoms with Crippen molar-refractivity contribution in [3.8, 4) is 0 Å². The summed E-state index contributed by atoms with van der Waals surface area (Å²) in [5.41, 5.74) is 0.0417. The number of nitrogens with one attached hydrogen (secondary N) is 1. The van der Waals surface area contributed by atoms with E-state index in [-0.39, 0.29) is 11.3 Å². The fourth-order valence-electron chi connectivity index (χ4n) is 2.19. The Morgan fingerprint density at radius 2 is 1.90 bits per heavy atom. The van der Waals surface area contributed by atoms with Gasteiger partial charge in [0.2, 0.25) is 0 Å². The fraction of sp³-hybridized carbons (Fsp3) is 0.462. The van der Waals surface area contributed by atoms with Gasteiger partial charge in [0.15, 0.2) is 0 Å². The van der Waals surface area contributed by atoms with Crippen molar-refractivity contribution in [3.05, 3.63) is 29.8 Å². The van der Waals surface area contributed by atoms with Gasteiger partial charge in [-0.25, -0.2) is 4.79 Å². The maximum absolute atomic E-state index is 12.3. The Hall–Kier alpha value is -1.60. The van der Waals surface area contributed by atoms with Crippen LogP contribution in [0.4, 0.5) is 5.69 Å².